The Morgan fingerprint density at radius 1 is 1.07 bits per heavy atom. The standard InChI is InChI=1S/C20H15ClF3N3O/c1-11-3-8-17(16(21)9-11)27-19(28)15-10-25-18(26-12(15)2)13-4-6-14(7-5-13)20(22,23)24/h3-10H,1-2H3,(H,27,28). The lowest BCUT2D eigenvalue weighted by Crippen LogP contribution is -2.15. The highest BCUT2D eigenvalue weighted by atomic mass is 35.5. The summed E-state index contributed by atoms with van der Waals surface area (Å²) in [5, 5.41) is 3.11. The van der Waals surface area contributed by atoms with Crippen LogP contribution in [0.5, 0.6) is 0 Å². The number of nitrogens with zero attached hydrogens (tertiary/aromatic N) is 2. The molecule has 0 aliphatic rings. The molecule has 28 heavy (non-hydrogen) atoms. The Bertz CT molecular complexity index is 1030. The van der Waals surface area contributed by atoms with Crippen molar-refractivity contribution in [2.75, 3.05) is 5.32 Å². The van der Waals surface area contributed by atoms with Gasteiger partial charge in [0, 0.05) is 11.8 Å². The van der Waals surface area contributed by atoms with Crippen LogP contribution in [0.1, 0.15) is 27.2 Å². The summed E-state index contributed by atoms with van der Waals surface area (Å²) >= 11 is 6.12. The number of benzene rings is 2. The average molecular weight is 406 g/mol. The Morgan fingerprint density at radius 2 is 1.75 bits per heavy atom. The number of anilines is 1. The molecule has 3 aromatic rings. The van der Waals surface area contributed by atoms with E-state index in [1.54, 1.807) is 19.1 Å². The van der Waals surface area contributed by atoms with Gasteiger partial charge in [-0.25, -0.2) is 9.97 Å². The molecule has 144 valence electrons. The molecular weight excluding hydrogens is 391 g/mol. The van der Waals surface area contributed by atoms with Crippen LogP contribution in [0.25, 0.3) is 11.4 Å². The minimum Gasteiger partial charge on any atom is -0.321 e. The van der Waals surface area contributed by atoms with Crippen molar-refractivity contribution in [2.24, 2.45) is 0 Å². The van der Waals surface area contributed by atoms with Crippen molar-refractivity contribution >= 4 is 23.2 Å². The first-order valence-electron chi connectivity index (χ1n) is 8.24. The number of hydrogen-bond acceptors (Lipinski definition) is 3. The Hall–Kier alpha value is -2.93. The second kappa shape index (κ2) is 7.59. The highest BCUT2D eigenvalue weighted by molar-refractivity contribution is 6.34. The van der Waals surface area contributed by atoms with Crippen molar-refractivity contribution in [1.29, 1.82) is 0 Å². The van der Waals surface area contributed by atoms with E-state index in [0.29, 0.717) is 22.0 Å². The van der Waals surface area contributed by atoms with Crippen LogP contribution in [0.2, 0.25) is 5.02 Å². The van der Waals surface area contributed by atoms with Gasteiger partial charge in [-0.1, -0.05) is 29.8 Å². The first-order chi connectivity index (χ1) is 13.1. The van der Waals surface area contributed by atoms with E-state index in [9.17, 15) is 18.0 Å². The van der Waals surface area contributed by atoms with Gasteiger partial charge in [0.25, 0.3) is 5.91 Å². The molecule has 0 spiro atoms. The van der Waals surface area contributed by atoms with Crippen LogP contribution in [0, 0.1) is 13.8 Å². The zero-order valence-electron chi connectivity index (χ0n) is 14.9. The molecule has 1 N–H and O–H groups in total. The van der Waals surface area contributed by atoms with E-state index in [-0.39, 0.29) is 11.4 Å². The van der Waals surface area contributed by atoms with E-state index in [4.69, 9.17) is 11.6 Å². The van der Waals surface area contributed by atoms with E-state index in [1.807, 2.05) is 13.0 Å². The Kier molecular flexibility index (Phi) is 5.38. The largest absolute Gasteiger partial charge is 0.416 e. The third-order valence-electron chi connectivity index (χ3n) is 4.07. The molecule has 0 aliphatic carbocycles. The molecule has 0 fully saturated rings. The SMILES string of the molecule is Cc1ccc(NC(=O)c2cnc(-c3ccc(C(F)(F)F)cc3)nc2C)c(Cl)c1. The number of nitrogens with one attached hydrogen (secondary N) is 1. The van der Waals surface area contributed by atoms with Crippen molar-refractivity contribution in [1.82, 2.24) is 9.97 Å². The predicted molar refractivity (Wildman–Crippen MR) is 101 cm³/mol. The van der Waals surface area contributed by atoms with Crippen LogP contribution in [0.15, 0.2) is 48.7 Å². The molecule has 0 saturated heterocycles. The quantitative estimate of drug-likeness (QED) is 0.609. The average Bonchev–Trinajstić information content (AvgIpc) is 2.63. The van der Waals surface area contributed by atoms with E-state index in [1.165, 1.54) is 18.3 Å². The lowest BCUT2D eigenvalue weighted by Gasteiger charge is -2.11. The number of aryl methyl sites for hydroxylation is 2. The maximum atomic E-state index is 12.7. The molecule has 1 amide bonds. The first-order valence-corrected chi connectivity index (χ1v) is 8.62. The number of aromatic nitrogens is 2. The van der Waals surface area contributed by atoms with Gasteiger partial charge in [-0.2, -0.15) is 13.2 Å². The number of halogens is 4. The number of carbonyl (C=O) groups is 1. The fourth-order valence-electron chi connectivity index (χ4n) is 2.55. The second-order valence-electron chi connectivity index (χ2n) is 6.21. The fraction of sp³-hybridized carbons (Fsp3) is 0.150. The van der Waals surface area contributed by atoms with Crippen molar-refractivity contribution < 1.29 is 18.0 Å². The molecule has 0 radical (unpaired) electrons. The molecule has 0 atom stereocenters. The van der Waals surface area contributed by atoms with Crippen LogP contribution in [-0.4, -0.2) is 15.9 Å². The van der Waals surface area contributed by atoms with Gasteiger partial charge >= 0.3 is 6.18 Å². The molecule has 4 nitrogen and oxygen atoms in total. The lowest BCUT2D eigenvalue weighted by atomic mass is 10.1. The molecule has 8 heteroatoms. The van der Waals surface area contributed by atoms with Crippen LogP contribution in [0.3, 0.4) is 0 Å². The Balaban J connectivity index is 1.83. The maximum absolute atomic E-state index is 12.7. The summed E-state index contributed by atoms with van der Waals surface area (Å²) in [5.74, 6) is -0.196. The number of carbonyl (C=O) groups excluding carboxylic acids is 1. The third kappa shape index (κ3) is 4.31. The summed E-state index contributed by atoms with van der Waals surface area (Å²) in [7, 11) is 0. The molecule has 3 rings (SSSR count). The zero-order valence-corrected chi connectivity index (χ0v) is 15.7. The summed E-state index contributed by atoms with van der Waals surface area (Å²) < 4.78 is 38.0. The van der Waals surface area contributed by atoms with E-state index in [0.717, 1.165) is 17.7 Å². The molecule has 0 unspecified atom stereocenters. The van der Waals surface area contributed by atoms with Gasteiger partial charge in [-0.3, -0.25) is 4.79 Å². The molecule has 1 aromatic heterocycles. The zero-order chi connectivity index (χ0) is 20.5. The molecule has 0 aliphatic heterocycles. The predicted octanol–water partition coefficient (Wildman–Crippen LogP) is 5.68. The van der Waals surface area contributed by atoms with Crippen LogP contribution < -0.4 is 5.32 Å². The topological polar surface area (TPSA) is 54.9 Å². The lowest BCUT2D eigenvalue weighted by molar-refractivity contribution is -0.137. The highest BCUT2D eigenvalue weighted by Crippen LogP contribution is 2.30. The van der Waals surface area contributed by atoms with Gasteiger partial charge in [0.15, 0.2) is 5.82 Å². The summed E-state index contributed by atoms with van der Waals surface area (Å²) in [6.45, 7) is 3.51. The summed E-state index contributed by atoms with van der Waals surface area (Å²) in [4.78, 5) is 20.9. The van der Waals surface area contributed by atoms with Crippen molar-refractivity contribution in [3.8, 4) is 11.4 Å². The smallest absolute Gasteiger partial charge is 0.321 e. The normalized spacial score (nSPS) is 11.4. The Morgan fingerprint density at radius 3 is 2.32 bits per heavy atom. The van der Waals surface area contributed by atoms with E-state index in [2.05, 4.69) is 15.3 Å². The van der Waals surface area contributed by atoms with Crippen LogP contribution in [0.4, 0.5) is 18.9 Å². The summed E-state index contributed by atoms with van der Waals surface area (Å²) in [6, 6.07) is 9.77. The van der Waals surface area contributed by atoms with Gasteiger partial charge in [0.05, 0.1) is 27.5 Å². The second-order valence-corrected chi connectivity index (χ2v) is 6.61. The van der Waals surface area contributed by atoms with Gasteiger partial charge in [0.2, 0.25) is 0 Å². The molecule has 0 saturated carbocycles. The number of rotatable bonds is 3. The van der Waals surface area contributed by atoms with Gasteiger partial charge in [-0.05, 0) is 43.7 Å². The van der Waals surface area contributed by atoms with Crippen molar-refractivity contribution in [2.45, 2.75) is 20.0 Å². The Labute approximate surface area is 164 Å². The minimum atomic E-state index is -4.41. The van der Waals surface area contributed by atoms with Crippen molar-refractivity contribution in [3.63, 3.8) is 0 Å². The number of alkyl halides is 3. The van der Waals surface area contributed by atoms with Gasteiger partial charge in [0.1, 0.15) is 0 Å². The van der Waals surface area contributed by atoms with Crippen molar-refractivity contribution in [3.05, 3.63) is 76.1 Å². The van der Waals surface area contributed by atoms with Crippen LogP contribution in [-0.2, 0) is 6.18 Å². The van der Waals surface area contributed by atoms with Gasteiger partial charge in [-0.15, -0.1) is 0 Å². The number of hydrogen-bond donors (Lipinski definition) is 1. The third-order valence-corrected chi connectivity index (χ3v) is 4.38. The monoisotopic (exact) mass is 405 g/mol. The first kappa shape index (κ1) is 19.8. The molecule has 2 aromatic carbocycles. The van der Waals surface area contributed by atoms with Crippen LogP contribution >= 0.6 is 11.6 Å². The van der Waals surface area contributed by atoms with E-state index >= 15 is 0 Å². The summed E-state index contributed by atoms with van der Waals surface area (Å²) in [6.07, 6.45) is -3.07. The number of amides is 1. The fourth-order valence-corrected chi connectivity index (χ4v) is 2.83. The van der Waals surface area contributed by atoms with Gasteiger partial charge < -0.3 is 5.32 Å². The van der Waals surface area contributed by atoms with E-state index < -0.39 is 17.6 Å². The molecular formula is C20H15ClF3N3O. The maximum Gasteiger partial charge on any atom is 0.416 e. The molecule has 0 bridgehead atoms. The molecule has 1 heterocycles. The highest BCUT2D eigenvalue weighted by Gasteiger charge is 2.30. The minimum absolute atomic E-state index is 0.233. The summed E-state index contributed by atoms with van der Waals surface area (Å²) in [5.41, 5.74) is 1.73.